The number of nitrogens with one attached hydrogen (secondary N) is 3. The number of hydrogen-bond donors (Lipinski definition) is 3. The number of alkyl carbamates (subject to hydrolysis) is 1. The van der Waals surface area contributed by atoms with Crippen molar-refractivity contribution < 1.29 is 13.9 Å². The maximum absolute atomic E-state index is 13.6. The van der Waals surface area contributed by atoms with Crippen molar-refractivity contribution in [2.75, 3.05) is 18.4 Å². The van der Waals surface area contributed by atoms with Crippen LogP contribution in [-0.4, -0.2) is 51.1 Å². The molecule has 0 unspecified atom stereocenters. The van der Waals surface area contributed by atoms with Crippen LogP contribution in [0.1, 0.15) is 23.8 Å². The van der Waals surface area contributed by atoms with Gasteiger partial charge in [-0.25, -0.2) is 19.2 Å². The van der Waals surface area contributed by atoms with Gasteiger partial charge in [-0.15, -0.1) is 23.7 Å². The summed E-state index contributed by atoms with van der Waals surface area (Å²) in [4.78, 5) is 21.4. The molecule has 3 N–H and O–H groups in total. The first kappa shape index (κ1) is 28.3. The fraction of sp³-hybridized carbons (Fsp3) is 0.241. The Morgan fingerprint density at radius 3 is 3.00 bits per heavy atom. The second-order valence-corrected chi connectivity index (χ2v) is 10.5. The first-order valence-corrected chi connectivity index (χ1v) is 13.8. The molecule has 1 fully saturated rings. The highest BCUT2D eigenvalue weighted by Crippen LogP contribution is 2.31. The molecule has 12 heteroatoms. The summed E-state index contributed by atoms with van der Waals surface area (Å²) in [5.74, 6) is 6.92. The van der Waals surface area contributed by atoms with Gasteiger partial charge in [0.15, 0.2) is 5.82 Å². The lowest BCUT2D eigenvalue weighted by molar-refractivity contribution is 0.107. The SMILES string of the molecule is CCNC(=O)O[C@H]1CN[C@H](C#Cc2cc3ncnc(Nc4ccc5c(cnn5Cc5cccc(F)c5)c4)c3s2)C1.Cl. The Hall–Kier alpha value is -4.24. The lowest BCUT2D eigenvalue weighted by Crippen LogP contribution is -2.29. The van der Waals surface area contributed by atoms with Gasteiger partial charge in [-0.05, 0) is 48.9 Å². The number of benzene rings is 2. The fourth-order valence-corrected chi connectivity index (χ4v) is 5.56. The zero-order valence-electron chi connectivity index (χ0n) is 22.1. The number of halogens is 2. The van der Waals surface area contributed by atoms with E-state index in [-0.39, 0.29) is 30.4 Å². The van der Waals surface area contributed by atoms with Crippen LogP contribution in [0.15, 0.2) is 61.1 Å². The number of thiophene rings is 1. The van der Waals surface area contributed by atoms with Gasteiger partial charge in [-0.3, -0.25) is 10.00 Å². The smallest absolute Gasteiger partial charge is 0.407 e. The molecule has 41 heavy (non-hydrogen) atoms. The van der Waals surface area contributed by atoms with Crippen LogP contribution in [0.25, 0.3) is 21.1 Å². The molecule has 4 heterocycles. The van der Waals surface area contributed by atoms with Crippen molar-refractivity contribution in [3.05, 3.63) is 77.3 Å². The summed E-state index contributed by atoms with van der Waals surface area (Å²) in [5, 5.41) is 14.8. The molecule has 0 saturated carbocycles. The van der Waals surface area contributed by atoms with Crippen LogP contribution in [0.5, 0.6) is 0 Å². The average Bonchev–Trinajstić information content (AvgIpc) is 3.67. The minimum absolute atomic E-state index is 0. The Morgan fingerprint density at radius 1 is 1.24 bits per heavy atom. The highest BCUT2D eigenvalue weighted by molar-refractivity contribution is 7.20. The Morgan fingerprint density at radius 2 is 2.15 bits per heavy atom. The van der Waals surface area contributed by atoms with E-state index in [1.165, 1.54) is 29.8 Å². The predicted octanol–water partition coefficient (Wildman–Crippen LogP) is 5.22. The molecule has 3 aromatic heterocycles. The van der Waals surface area contributed by atoms with E-state index in [1.807, 2.05) is 41.9 Å². The van der Waals surface area contributed by atoms with Crippen molar-refractivity contribution in [2.45, 2.75) is 32.0 Å². The molecular formula is C29H27ClFN7O2S. The molecule has 0 bridgehead atoms. The van der Waals surface area contributed by atoms with E-state index in [2.05, 4.69) is 42.9 Å². The normalized spacial score (nSPS) is 16.1. The molecule has 1 amide bonds. The maximum Gasteiger partial charge on any atom is 0.407 e. The highest BCUT2D eigenvalue weighted by atomic mass is 35.5. The van der Waals surface area contributed by atoms with Crippen molar-refractivity contribution in [3.8, 4) is 11.8 Å². The highest BCUT2D eigenvalue weighted by Gasteiger charge is 2.25. The molecule has 1 saturated heterocycles. The van der Waals surface area contributed by atoms with Gasteiger partial charge >= 0.3 is 6.09 Å². The lowest BCUT2D eigenvalue weighted by Gasteiger charge is -2.10. The van der Waals surface area contributed by atoms with Gasteiger partial charge in [0.25, 0.3) is 0 Å². The van der Waals surface area contributed by atoms with Crippen LogP contribution in [0.2, 0.25) is 0 Å². The summed E-state index contributed by atoms with van der Waals surface area (Å²) >= 11 is 1.52. The third kappa shape index (κ3) is 6.57. The lowest BCUT2D eigenvalue weighted by atomic mass is 10.2. The average molecular weight is 592 g/mol. The number of carbonyl (C=O) groups excluding carboxylic acids is 1. The maximum atomic E-state index is 13.6. The summed E-state index contributed by atoms with van der Waals surface area (Å²) in [5.41, 5.74) is 3.48. The summed E-state index contributed by atoms with van der Waals surface area (Å²) in [7, 11) is 0. The van der Waals surface area contributed by atoms with Crippen molar-refractivity contribution >= 4 is 62.5 Å². The molecule has 6 rings (SSSR count). The van der Waals surface area contributed by atoms with Crippen LogP contribution in [-0.2, 0) is 11.3 Å². The first-order chi connectivity index (χ1) is 19.5. The summed E-state index contributed by atoms with van der Waals surface area (Å²) in [6.07, 6.45) is 3.38. The quantitative estimate of drug-likeness (QED) is 0.232. The molecule has 0 radical (unpaired) electrons. The first-order valence-electron chi connectivity index (χ1n) is 12.9. The third-order valence-corrected chi connectivity index (χ3v) is 7.54. The number of nitrogens with zero attached hydrogens (tertiary/aromatic N) is 4. The summed E-state index contributed by atoms with van der Waals surface area (Å²) in [6, 6.07) is 14.4. The molecule has 210 valence electrons. The second-order valence-electron chi connectivity index (χ2n) is 9.40. The molecule has 5 aromatic rings. The molecule has 0 aliphatic carbocycles. The number of rotatable bonds is 6. The molecule has 0 spiro atoms. The third-order valence-electron chi connectivity index (χ3n) is 6.49. The largest absolute Gasteiger partial charge is 0.445 e. The van der Waals surface area contributed by atoms with Crippen molar-refractivity contribution in [2.24, 2.45) is 0 Å². The van der Waals surface area contributed by atoms with E-state index in [0.717, 1.165) is 37.2 Å². The molecule has 1 aliphatic rings. The number of carbonyl (C=O) groups is 1. The van der Waals surface area contributed by atoms with Gasteiger partial charge in [0.05, 0.1) is 39.4 Å². The van der Waals surface area contributed by atoms with Crippen LogP contribution < -0.4 is 16.0 Å². The Balaban J connectivity index is 0.00000337. The molecule has 2 aromatic carbocycles. The van der Waals surface area contributed by atoms with Crippen molar-refractivity contribution in [1.29, 1.82) is 0 Å². The fourth-order valence-electron chi connectivity index (χ4n) is 4.64. The number of anilines is 2. The van der Waals surface area contributed by atoms with E-state index in [4.69, 9.17) is 4.74 Å². The zero-order chi connectivity index (χ0) is 27.5. The number of fused-ring (bicyclic) bond motifs is 2. The molecular weight excluding hydrogens is 565 g/mol. The van der Waals surface area contributed by atoms with Gasteiger partial charge in [0.2, 0.25) is 0 Å². The van der Waals surface area contributed by atoms with Crippen LogP contribution in [0.4, 0.5) is 20.7 Å². The minimum Gasteiger partial charge on any atom is -0.445 e. The number of amides is 1. The number of aromatic nitrogens is 4. The number of ether oxygens (including phenoxy) is 1. The molecule has 1 aliphatic heterocycles. The Bertz CT molecular complexity index is 1760. The minimum atomic E-state index is -0.400. The van der Waals surface area contributed by atoms with E-state index in [9.17, 15) is 9.18 Å². The Labute approximate surface area is 245 Å². The van der Waals surface area contributed by atoms with E-state index >= 15 is 0 Å². The van der Waals surface area contributed by atoms with Crippen molar-refractivity contribution in [3.63, 3.8) is 0 Å². The van der Waals surface area contributed by atoms with Crippen LogP contribution in [0.3, 0.4) is 0 Å². The van der Waals surface area contributed by atoms with Crippen molar-refractivity contribution in [1.82, 2.24) is 30.4 Å². The van der Waals surface area contributed by atoms with Gasteiger partial charge in [-0.2, -0.15) is 5.10 Å². The van der Waals surface area contributed by atoms with E-state index in [1.54, 1.807) is 12.3 Å². The topological polar surface area (TPSA) is 106 Å². The second kappa shape index (κ2) is 12.5. The zero-order valence-corrected chi connectivity index (χ0v) is 23.7. The predicted molar refractivity (Wildman–Crippen MR) is 160 cm³/mol. The van der Waals surface area contributed by atoms with Gasteiger partial charge in [0.1, 0.15) is 18.2 Å². The number of hydrogen-bond acceptors (Lipinski definition) is 8. The summed E-state index contributed by atoms with van der Waals surface area (Å²) in [6.45, 7) is 3.45. The van der Waals surface area contributed by atoms with Gasteiger partial charge in [-0.1, -0.05) is 24.0 Å². The molecule has 2 atom stereocenters. The van der Waals surface area contributed by atoms with Crippen LogP contribution in [0, 0.1) is 17.7 Å². The van der Waals surface area contributed by atoms with E-state index in [0.29, 0.717) is 31.9 Å². The standard InChI is InChI=1S/C29H26FN7O2S.ClH/c1-2-31-29(38)39-23-12-21(32-15-23)6-8-24-13-25-27(40-24)28(34-17-33-25)36-22-7-9-26-19(11-22)14-35-37(26)16-18-4-3-5-20(30)10-18;/h3-5,7,9-11,13-14,17,21,23,32H,2,12,15-16H2,1H3,(H,31,38)(H,33,34,36);1H/t21-,23-;/m1./s1. The monoisotopic (exact) mass is 591 g/mol. The summed E-state index contributed by atoms with van der Waals surface area (Å²) < 4.78 is 21.7. The Kier molecular flexibility index (Phi) is 8.64. The van der Waals surface area contributed by atoms with E-state index < -0.39 is 6.09 Å². The van der Waals surface area contributed by atoms with Gasteiger partial charge < -0.3 is 15.4 Å². The van der Waals surface area contributed by atoms with Gasteiger partial charge in [0, 0.05) is 30.6 Å². The molecule has 9 nitrogen and oxygen atoms in total. The van der Waals surface area contributed by atoms with Crippen LogP contribution >= 0.6 is 23.7 Å².